The summed E-state index contributed by atoms with van der Waals surface area (Å²) in [7, 11) is 0. The second kappa shape index (κ2) is 5.01. The molecular weight excluding hydrogens is 296 g/mol. The van der Waals surface area contributed by atoms with Gasteiger partial charge in [0.25, 0.3) is 0 Å². The summed E-state index contributed by atoms with van der Waals surface area (Å²) in [6.07, 6.45) is 0.892. The number of rotatable bonds is 3. The van der Waals surface area contributed by atoms with Crippen LogP contribution >= 0.6 is 11.6 Å². The molecule has 3 heterocycles. The fourth-order valence-electron chi connectivity index (χ4n) is 2.22. The highest BCUT2D eigenvalue weighted by Crippen LogP contribution is 2.27. The quantitative estimate of drug-likeness (QED) is 0.795. The van der Waals surface area contributed by atoms with Gasteiger partial charge < -0.3 is 13.6 Å². The lowest BCUT2D eigenvalue weighted by Gasteiger charge is -1.98. The molecule has 1 fully saturated rings. The SMILES string of the molecule is Clc1ccc2nc(Nc3nnc(C4CCOC4)o3)oc2c1. The van der Waals surface area contributed by atoms with Crippen molar-refractivity contribution in [2.24, 2.45) is 0 Å². The van der Waals surface area contributed by atoms with E-state index >= 15 is 0 Å². The van der Waals surface area contributed by atoms with E-state index in [-0.39, 0.29) is 17.9 Å². The molecule has 1 aromatic carbocycles. The Labute approximate surface area is 124 Å². The van der Waals surface area contributed by atoms with Crippen LogP contribution in [-0.2, 0) is 4.74 Å². The number of nitrogens with one attached hydrogen (secondary N) is 1. The first-order valence-electron chi connectivity index (χ1n) is 6.52. The molecule has 0 aliphatic carbocycles. The van der Waals surface area contributed by atoms with Crippen molar-refractivity contribution in [1.29, 1.82) is 0 Å². The number of benzene rings is 1. The van der Waals surface area contributed by atoms with Gasteiger partial charge in [0, 0.05) is 17.7 Å². The molecule has 0 saturated carbocycles. The van der Waals surface area contributed by atoms with Crippen molar-refractivity contribution in [3.8, 4) is 0 Å². The first-order valence-corrected chi connectivity index (χ1v) is 6.90. The summed E-state index contributed by atoms with van der Waals surface area (Å²) in [4.78, 5) is 4.27. The summed E-state index contributed by atoms with van der Waals surface area (Å²) in [5, 5.41) is 11.4. The van der Waals surface area contributed by atoms with Crippen molar-refractivity contribution < 1.29 is 13.6 Å². The zero-order chi connectivity index (χ0) is 14.2. The summed E-state index contributed by atoms with van der Waals surface area (Å²) >= 11 is 5.90. The van der Waals surface area contributed by atoms with Crippen LogP contribution in [0.1, 0.15) is 18.2 Å². The molecule has 108 valence electrons. The molecule has 0 amide bonds. The van der Waals surface area contributed by atoms with Gasteiger partial charge in [0.15, 0.2) is 5.58 Å². The largest absolute Gasteiger partial charge is 0.423 e. The summed E-state index contributed by atoms with van der Waals surface area (Å²) in [6, 6.07) is 5.76. The Bertz CT molecular complexity index is 779. The van der Waals surface area contributed by atoms with E-state index in [1.165, 1.54) is 0 Å². The lowest BCUT2D eigenvalue weighted by Crippen LogP contribution is -1.97. The smallest absolute Gasteiger partial charge is 0.323 e. The highest BCUT2D eigenvalue weighted by Gasteiger charge is 2.23. The monoisotopic (exact) mass is 306 g/mol. The Kier molecular flexibility index (Phi) is 3.01. The summed E-state index contributed by atoms with van der Waals surface area (Å²) in [6.45, 7) is 1.34. The Balaban J connectivity index is 1.56. The van der Waals surface area contributed by atoms with Crippen LogP contribution in [-0.4, -0.2) is 28.4 Å². The van der Waals surface area contributed by atoms with Crippen molar-refractivity contribution >= 4 is 34.7 Å². The number of nitrogens with zero attached hydrogens (tertiary/aromatic N) is 3. The van der Waals surface area contributed by atoms with Gasteiger partial charge in [-0.25, -0.2) is 0 Å². The Hall–Kier alpha value is -2.12. The summed E-state index contributed by atoms with van der Waals surface area (Å²) in [5.74, 6) is 0.727. The third kappa shape index (κ3) is 2.45. The predicted octanol–water partition coefficient (Wildman–Crippen LogP) is 3.11. The summed E-state index contributed by atoms with van der Waals surface area (Å²) < 4.78 is 16.4. The molecule has 7 nitrogen and oxygen atoms in total. The topological polar surface area (TPSA) is 86.2 Å². The third-order valence-corrected chi connectivity index (χ3v) is 3.52. The van der Waals surface area contributed by atoms with Crippen LogP contribution in [0.15, 0.2) is 27.0 Å². The molecule has 3 aromatic rings. The van der Waals surface area contributed by atoms with Gasteiger partial charge in [-0.2, -0.15) is 4.98 Å². The maximum Gasteiger partial charge on any atom is 0.323 e. The molecule has 4 rings (SSSR count). The van der Waals surface area contributed by atoms with Gasteiger partial charge >= 0.3 is 12.0 Å². The molecule has 1 unspecified atom stereocenters. The number of anilines is 2. The number of fused-ring (bicyclic) bond motifs is 1. The van der Waals surface area contributed by atoms with Crippen LogP contribution in [0, 0.1) is 0 Å². The lowest BCUT2D eigenvalue weighted by molar-refractivity contribution is 0.191. The van der Waals surface area contributed by atoms with Crippen molar-refractivity contribution in [1.82, 2.24) is 15.2 Å². The zero-order valence-corrected chi connectivity index (χ0v) is 11.6. The van der Waals surface area contributed by atoms with E-state index in [1.54, 1.807) is 18.2 Å². The van der Waals surface area contributed by atoms with Gasteiger partial charge in [0.2, 0.25) is 5.89 Å². The Morgan fingerprint density at radius 1 is 1.19 bits per heavy atom. The van der Waals surface area contributed by atoms with Crippen LogP contribution in [0.25, 0.3) is 11.1 Å². The van der Waals surface area contributed by atoms with Crippen LogP contribution in [0.2, 0.25) is 5.02 Å². The molecule has 0 spiro atoms. The average Bonchev–Trinajstić information content (AvgIpc) is 3.16. The third-order valence-electron chi connectivity index (χ3n) is 3.28. The maximum absolute atomic E-state index is 5.90. The standard InChI is InChI=1S/C13H11ClN4O3/c14-8-1-2-9-10(5-8)20-12(15-9)16-13-18-17-11(21-13)7-3-4-19-6-7/h1-2,5,7H,3-4,6H2,(H,15,16,18). The maximum atomic E-state index is 5.90. The normalized spacial score (nSPS) is 18.4. The number of hydrogen-bond donors (Lipinski definition) is 1. The van der Waals surface area contributed by atoms with Crippen LogP contribution in [0.3, 0.4) is 0 Å². The molecule has 1 aliphatic heterocycles. The molecule has 1 atom stereocenters. The molecule has 0 bridgehead atoms. The van der Waals surface area contributed by atoms with Gasteiger partial charge in [0.1, 0.15) is 5.52 Å². The fourth-order valence-corrected chi connectivity index (χ4v) is 2.38. The van der Waals surface area contributed by atoms with E-state index in [2.05, 4.69) is 20.5 Å². The second-order valence-electron chi connectivity index (χ2n) is 4.76. The predicted molar refractivity (Wildman–Crippen MR) is 74.8 cm³/mol. The number of halogens is 1. The van der Waals surface area contributed by atoms with E-state index in [1.807, 2.05) is 0 Å². The molecule has 8 heteroatoms. The van der Waals surface area contributed by atoms with Gasteiger partial charge in [-0.05, 0) is 18.6 Å². The van der Waals surface area contributed by atoms with Crippen molar-refractivity contribution in [2.45, 2.75) is 12.3 Å². The minimum Gasteiger partial charge on any atom is -0.423 e. The zero-order valence-electron chi connectivity index (χ0n) is 10.9. The van der Waals surface area contributed by atoms with Gasteiger partial charge in [-0.15, -0.1) is 5.10 Å². The summed E-state index contributed by atoms with van der Waals surface area (Å²) in [5.41, 5.74) is 1.29. The number of oxazole rings is 1. The number of hydrogen-bond acceptors (Lipinski definition) is 7. The molecule has 0 radical (unpaired) electrons. The minimum atomic E-state index is 0.162. The number of ether oxygens (including phenoxy) is 1. The Morgan fingerprint density at radius 3 is 3.00 bits per heavy atom. The number of aromatic nitrogens is 3. The van der Waals surface area contributed by atoms with E-state index in [0.29, 0.717) is 28.6 Å². The first-order chi connectivity index (χ1) is 10.3. The molecule has 1 aliphatic rings. The van der Waals surface area contributed by atoms with E-state index in [9.17, 15) is 0 Å². The van der Waals surface area contributed by atoms with E-state index < -0.39 is 0 Å². The van der Waals surface area contributed by atoms with Gasteiger partial charge in [0.05, 0.1) is 12.5 Å². The second-order valence-corrected chi connectivity index (χ2v) is 5.20. The van der Waals surface area contributed by atoms with Crippen molar-refractivity contribution in [2.75, 3.05) is 18.5 Å². The van der Waals surface area contributed by atoms with Crippen molar-refractivity contribution in [3.63, 3.8) is 0 Å². The first kappa shape index (κ1) is 12.6. The molecular formula is C13H11ClN4O3. The van der Waals surface area contributed by atoms with Gasteiger partial charge in [-0.3, -0.25) is 5.32 Å². The fraction of sp³-hybridized carbons (Fsp3) is 0.308. The van der Waals surface area contributed by atoms with E-state index in [4.69, 9.17) is 25.2 Å². The lowest BCUT2D eigenvalue weighted by atomic mass is 10.1. The van der Waals surface area contributed by atoms with Crippen LogP contribution < -0.4 is 5.32 Å². The minimum absolute atomic E-state index is 0.162. The van der Waals surface area contributed by atoms with Gasteiger partial charge in [-0.1, -0.05) is 16.7 Å². The van der Waals surface area contributed by atoms with Crippen LogP contribution in [0.4, 0.5) is 12.0 Å². The van der Waals surface area contributed by atoms with Crippen molar-refractivity contribution in [3.05, 3.63) is 29.1 Å². The molecule has 1 N–H and O–H groups in total. The van der Waals surface area contributed by atoms with Crippen LogP contribution in [0.5, 0.6) is 0 Å². The molecule has 2 aromatic heterocycles. The molecule has 1 saturated heterocycles. The van der Waals surface area contributed by atoms with E-state index in [0.717, 1.165) is 13.0 Å². The average molecular weight is 307 g/mol. The molecule has 21 heavy (non-hydrogen) atoms. The highest BCUT2D eigenvalue weighted by molar-refractivity contribution is 6.31. The Morgan fingerprint density at radius 2 is 2.14 bits per heavy atom. The highest BCUT2D eigenvalue weighted by atomic mass is 35.5.